The Morgan fingerprint density at radius 3 is 2.47 bits per heavy atom. The fourth-order valence-corrected chi connectivity index (χ4v) is 5.19. The molecule has 170 valence electrons. The number of hydrogen-bond acceptors (Lipinski definition) is 7. The van der Waals surface area contributed by atoms with Gasteiger partial charge in [-0.05, 0) is 49.2 Å². The van der Waals surface area contributed by atoms with Gasteiger partial charge in [-0.3, -0.25) is 0 Å². The molecule has 0 bridgehead atoms. The highest BCUT2D eigenvalue weighted by molar-refractivity contribution is 7.90. The first-order valence-electron chi connectivity index (χ1n) is 10.2. The van der Waals surface area contributed by atoms with Crippen LogP contribution >= 0.6 is 11.3 Å². The van der Waals surface area contributed by atoms with Crippen molar-refractivity contribution < 1.29 is 21.9 Å². The number of benzene rings is 1. The van der Waals surface area contributed by atoms with Gasteiger partial charge in [0.2, 0.25) is 0 Å². The van der Waals surface area contributed by atoms with Gasteiger partial charge >= 0.3 is 0 Å². The van der Waals surface area contributed by atoms with Gasteiger partial charge < -0.3 is 9.64 Å². The number of piperidine rings is 1. The fourth-order valence-electron chi connectivity index (χ4n) is 3.59. The molecule has 1 aliphatic rings. The summed E-state index contributed by atoms with van der Waals surface area (Å²) in [6, 6.07) is 9.42. The lowest BCUT2D eigenvalue weighted by atomic mass is 9.97. The third-order valence-corrected chi connectivity index (χ3v) is 7.58. The van der Waals surface area contributed by atoms with Crippen molar-refractivity contribution in [2.24, 2.45) is 0 Å². The van der Waals surface area contributed by atoms with E-state index in [1.807, 2.05) is 5.38 Å². The standard InChI is InChI=1S/C22H23F2N3O3S2/c1-32(28,29)19-5-3-18(4-6-19)30-13-17-14-31-22(26-17)15-8-10-27(11-9-15)20-7-2-16(12-25-20)21(23)24/h2-7,12,14-15,21H,8-11,13H2,1H3. The molecule has 6 nitrogen and oxygen atoms in total. The minimum absolute atomic E-state index is 0.0625. The zero-order valence-corrected chi connectivity index (χ0v) is 19.1. The number of halogens is 2. The van der Waals surface area contributed by atoms with Crippen LogP contribution in [0.3, 0.4) is 0 Å². The lowest BCUT2D eigenvalue weighted by molar-refractivity contribution is 0.151. The van der Waals surface area contributed by atoms with Crippen molar-refractivity contribution in [1.29, 1.82) is 0 Å². The third-order valence-electron chi connectivity index (χ3n) is 5.40. The van der Waals surface area contributed by atoms with Crippen molar-refractivity contribution in [2.45, 2.75) is 36.7 Å². The van der Waals surface area contributed by atoms with Gasteiger partial charge in [0.25, 0.3) is 6.43 Å². The van der Waals surface area contributed by atoms with E-state index in [2.05, 4.69) is 9.88 Å². The second-order valence-electron chi connectivity index (χ2n) is 7.72. The molecule has 0 saturated carbocycles. The van der Waals surface area contributed by atoms with Crippen LogP contribution in [0.4, 0.5) is 14.6 Å². The topological polar surface area (TPSA) is 72.4 Å². The molecule has 1 aliphatic heterocycles. The van der Waals surface area contributed by atoms with Gasteiger partial charge in [-0.2, -0.15) is 0 Å². The summed E-state index contributed by atoms with van der Waals surface area (Å²) in [5.74, 6) is 1.66. The number of rotatable bonds is 7. The Morgan fingerprint density at radius 1 is 1.16 bits per heavy atom. The minimum atomic E-state index is -3.23. The van der Waals surface area contributed by atoms with E-state index >= 15 is 0 Å². The number of anilines is 1. The van der Waals surface area contributed by atoms with Crippen LogP contribution in [-0.4, -0.2) is 37.7 Å². The first-order valence-corrected chi connectivity index (χ1v) is 12.9. The minimum Gasteiger partial charge on any atom is -0.487 e. The number of pyridine rings is 1. The van der Waals surface area contributed by atoms with E-state index in [0.29, 0.717) is 18.3 Å². The molecule has 0 amide bonds. The van der Waals surface area contributed by atoms with Crippen molar-refractivity contribution in [3.8, 4) is 5.75 Å². The van der Waals surface area contributed by atoms with Crippen molar-refractivity contribution in [3.05, 3.63) is 64.2 Å². The van der Waals surface area contributed by atoms with E-state index in [9.17, 15) is 17.2 Å². The molecule has 10 heteroatoms. The lowest BCUT2D eigenvalue weighted by Gasteiger charge is -2.32. The average molecular weight is 480 g/mol. The van der Waals surface area contributed by atoms with E-state index in [1.54, 1.807) is 29.5 Å². The molecule has 1 fully saturated rings. The maximum Gasteiger partial charge on any atom is 0.265 e. The zero-order chi connectivity index (χ0) is 22.7. The largest absolute Gasteiger partial charge is 0.487 e. The van der Waals surface area contributed by atoms with E-state index in [-0.39, 0.29) is 10.5 Å². The Balaban J connectivity index is 1.29. The molecule has 2 aromatic heterocycles. The van der Waals surface area contributed by atoms with E-state index in [0.717, 1.165) is 42.5 Å². The molecule has 0 aliphatic carbocycles. The van der Waals surface area contributed by atoms with Crippen molar-refractivity contribution >= 4 is 27.0 Å². The summed E-state index contributed by atoms with van der Waals surface area (Å²) in [6.07, 6.45) is 1.74. The summed E-state index contributed by atoms with van der Waals surface area (Å²) in [4.78, 5) is 11.3. The second kappa shape index (κ2) is 9.50. The molecule has 1 aromatic carbocycles. The van der Waals surface area contributed by atoms with Gasteiger partial charge in [-0.25, -0.2) is 27.2 Å². The summed E-state index contributed by atoms with van der Waals surface area (Å²) in [5, 5.41) is 3.05. The number of sulfone groups is 1. The van der Waals surface area contributed by atoms with Crippen molar-refractivity contribution in [3.63, 3.8) is 0 Å². The van der Waals surface area contributed by atoms with Gasteiger partial charge in [0.05, 0.1) is 15.6 Å². The molecule has 32 heavy (non-hydrogen) atoms. The van der Waals surface area contributed by atoms with E-state index < -0.39 is 16.3 Å². The summed E-state index contributed by atoms with van der Waals surface area (Å²) < 4.78 is 54.2. The molecule has 3 heterocycles. The van der Waals surface area contributed by atoms with Crippen LogP contribution in [-0.2, 0) is 16.4 Å². The van der Waals surface area contributed by atoms with Gasteiger partial charge in [0.1, 0.15) is 18.2 Å². The Labute approximate surface area is 189 Å². The number of aromatic nitrogens is 2. The second-order valence-corrected chi connectivity index (χ2v) is 10.6. The SMILES string of the molecule is CS(=O)(=O)c1ccc(OCc2csc(C3CCN(c4ccc(C(F)F)cn4)CC3)n2)cc1. The van der Waals surface area contributed by atoms with E-state index in [1.165, 1.54) is 30.7 Å². The monoisotopic (exact) mass is 479 g/mol. The van der Waals surface area contributed by atoms with Crippen LogP contribution in [0.1, 0.15) is 41.4 Å². The molecular formula is C22H23F2N3O3S2. The highest BCUT2D eigenvalue weighted by atomic mass is 32.2. The molecule has 0 spiro atoms. The lowest BCUT2D eigenvalue weighted by Crippen LogP contribution is -2.33. The number of nitrogens with zero attached hydrogens (tertiary/aromatic N) is 3. The Morgan fingerprint density at radius 2 is 1.88 bits per heavy atom. The highest BCUT2D eigenvalue weighted by Crippen LogP contribution is 2.32. The van der Waals surface area contributed by atoms with Crippen LogP contribution in [0.15, 0.2) is 52.9 Å². The predicted molar refractivity (Wildman–Crippen MR) is 119 cm³/mol. The number of ether oxygens (including phenoxy) is 1. The van der Waals surface area contributed by atoms with Gasteiger partial charge in [-0.1, -0.05) is 0 Å². The molecule has 4 rings (SSSR count). The van der Waals surface area contributed by atoms with Crippen LogP contribution in [0, 0.1) is 0 Å². The van der Waals surface area contributed by atoms with Gasteiger partial charge in [-0.15, -0.1) is 11.3 Å². The smallest absolute Gasteiger partial charge is 0.265 e. The number of thiazole rings is 1. The Hall–Kier alpha value is -2.59. The summed E-state index contributed by atoms with van der Waals surface area (Å²) in [7, 11) is -3.23. The van der Waals surface area contributed by atoms with Crippen molar-refractivity contribution in [1.82, 2.24) is 9.97 Å². The third kappa shape index (κ3) is 5.42. The molecule has 0 atom stereocenters. The average Bonchev–Trinajstić information content (AvgIpc) is 3.27. The first-order chi connectivity index (χ1) is 15.3. The van der Waals surface area contributed by atoms with Gasteiger partial charge in [0, 0.05) is 42.4 Å². The van der Waals surface area contributed by atoms with Crippen LogP contribution in [0.5, 0.6) is 5.75 Å². The number of alkyl halides is 2. The Kier molecular flexibility index (Phi) is 6.71. The predicted octanol–water partition coefficient (Wildman–Crippen LogP) is 4.84. The van der Waals surface area contributed by atoms with Crippen molar-refractivity contribution in [2.75, 3.05) is 24.2 Å². The molecule has 0 unspecified atom stereocenters. The van der Waals surface area contributed by atoms with Gasteiger partial charge in [0.15, 0.2) is 9.84 Å². The summed E-state index contributed by atoms with van der Waals surface area (Å²) in [5.41, 5.74) is 0.774. The van der Waals surface area contributed by atoms with Crippen LogP contribution in [0.2, 0.25) is 0 Å². The quantitative estimate of drug-likeness (QED) is 0.483. The highest BCUT2D eigenvalue weighted by Gasteiger charge is 2.24. The molecule has 3 aromatic rings. The Bertz CT molecular complexity index is 1140. The summed E-state index contributed by atoms with van der Waals surface area (Å²) in [6.45, 7) is 1.90. The maximum absolute atomic E-state index is 12.7. The summed E-state index contributed by atoms with van der Waals surface area (Å²) >= 11 is 1.61. The molecule has 0 N–H and O–H groups in total. The molecule has 1 saturated heterocycles. The molecule has 0 radical (unpaired) electrons. The van der Waals surface area contributed by atoms with Crippen LogP contribution in [0.25, 0.3) is 0 Å². The fraction of sp³-hybridized carbons (Fsp3) is 0.364. The maximum atomic E-state index is 12.7. The van der Waals surface area contributed by atoms with E-state index in [4.69, 9.17) is 9.72 Å². The zero-order valence-electron chi connectivity index (χ0n) is 17.4. The normalized spacial score (nSPS) is 15.3. The van der Waals surface area contributed by atoms with Crippen LogP contribution < -0.4 is 9.64 Å². The first kappa shape index (κ1) is 22.6. The molecular weight excluding hydrogens is 456 g/mol. The number of hydrogen-bond donors (Lipinski definition) is 0.